The van der Waals surface area contributed by atoms with Crippen LogP contribution in [-0.2, 0) is 4.79 Å². The molecule has 1 amide bonds. The smallest absolute Gasteiger partial charge is 0.246 e. The van der Waals surface area contributed by atoms with Crippen LogP contribution in [0.4, 0.5) is 0 Å². The van der Waals surface area contributed by atoms with Gasteiger partial charge in [0.1, 0.15) is 0 Å². The number of carbonyl (C=O) groups excluding carboxylic acids is 1. The molecular weight excluding hydrogens is 150 g/mol. The Labute approximate surface area is 73.7 Å². The first-order valence-corrected chi connectivity index (χ1v) is 3.81. The molecular formula is C10H15NO. The summed E-state index contributed by atoms with van der Waals surface area (Å²) in [4.78, 5) is 11.1. The van der Waals surface area contributed by atoms with Gasteiger partial charge in [0.05, 0.1) is 6.04 Å². The third kappa shape index (κ3) is 3.76. The van der Waals surface area contributed by atoms with Gasteiger partial charge in [0.15, 0.2) is 0 Å². The van der Waals surface area contributed by atoms with Gasteiger partial charge in [-0.25, -0.2) is 0 Å². The molecule has 0 saturated heterocycles. The molecule has 0 radical (unpaired) electrons. The molecule has 1 N–H and O–H groups in total. The molecule has 0 aliphatic carbocycles. The maximum absolute atomic E-state index is 11.1. The SMILES string of the molecule is C=CCC(C=C)NC(=O)C(=C)C. The number of rotatable bonds is 5. The molecule has 2 heteroatoms. The zero-order valence-corrected chi connectivity index (χ0v) is 7.47. The van der Waals surface area contributed by atoms with Crippen LogP contribution in [0.25, 0.3) is 0 Å². The van der Waals surface area contributed by atoms with E-state index >= 15 is 0 Å². The number of hydrogen-bond donors (Lipinski definition) is 1. The van der Waals surface area contributed by atoms with Crippen LogP contribution in [0.15, 0.2) is 37.5 Å². The molecule has 12 heavy (non-hydrogen) atoms. The van der Waals surface area contributed by atoms with Gasteiger partial charge in [0, 0.05) is 5.57 Å². The second-order valence-corrected chi connectivity index (χ2v) is 2.62. The van der Waals surface area contributed by atoms with Crippen molar-refractivity contribution >= 4 is 5.91 Å². The molecule has 2 nitrogen and oxygen atoms in total. The monoisotopic (exact) mass is 165 g/mol. The molecule has 0 aliphatic heterocycles. The molecule has 0 spiro atoms. The maximum Gasteiger partial charge on any atom is 0.246 e. The summed E-state index contributed by atoms with van der Waals surface area (Å²) in [6, 6.07) is -0.0355. The largest absolute Gasteiger partial charge is 0.346 e. The summed E-state index contributed by atoms with van der Waals surface area (Å²) in [6.07, 6.45) is 4.12. The highest BCUT2D eigenvalue weighted by atomic mass is 16.1. The van der Waals surface area contributed by atoms with Crippen molar-refractivity contribution in [2.75, 3.05) is 0 Å². The third-order valence-corrected chi connectivity index (χ3v) is 1.41. The molecule has 1 unspecified atom stereocenters. The highest BCUT2D eigenvalue weighted by Crippen LogP contribution is 1.96. The van der Waals surface area contributed by atoms with E-state index in [1.165, 1.54) is 0 Å². The summed E-state index contributed by atoms with van der Waals surface area (Å²) in [5.74, 6) is -0.137. The van der Waals surface area contributed by atoms with Crippen LogP contribution in [0.1, 0.15) is 13.3 Å². The Morgan fingerprint density at radius 2 is 2.17 bits per heavy atom. The maximum atomic E-state index is 11.1. The minimum absolute atomic E-state index is 0.0355. The highest BCUT2D eigenvalue weighted by Gasteiger charge is 2.06. The Hall–Kier alpha value is -1.31. The Bertz CT molecular complexity index is 206. The van der Waals surface area contributed by atoms with Crippen LogP contribution < -0.4 is 5.32 Å². The highest BCUT2D eigenvalue weighted by molar-refractivity contribution is 5.92. The van der Waals surface area contributed by atoms with Crippen molar-refractivity contribution in [3.05, 3.63) is 37.5 Å². The van der Waals surface area contributed by atoms with Crippen molar-refractivity contribution in [1.29, 1.82) is 0 Å². The lowest BCUT2D eigenvalue weighted by atomic mass is 10.2. The number of carbonyl (C=O) groups is 1. The summed E-state index contributed by atoms with van der Waals surface area (Å²) < 4.78 is 0. The second-order valence-electron chi connectivity index (χ2n) is 2.62. The molecule has 0 rings (SSSR count). The Morgan fingerprint density at radius 1 is 1.58 bits per heavy atom. The Kier molecular flexibility index (Phi) is 4.77. The van der Waals surface area contributed by atoms with E-state index in [9.17, 15) is 4.79 Å². The molecule has 0 fully saturated rings. The van der Waals surface area contributed by atoms with Gasteiger partial charge in [-0.1, -0.05) is 18.7 Å². The first-order valence-electron chi connectivity index (χ1n) is 3.81. The van der Waals surface area contributed by atoms with E-state index in [-0.39, 0.29) is 11.9 Å². The van der Waals surface area contributed by atoms with Crippen molar-refractivity contribution in [2.24, 2.45) is 0 Å². The van der Waals surface area contributed by atoms with Crippen molar-refractivity contribution in [3.8, 4) is 0 Å². The molecule has 0 aliphatic rings. The van der Waals surface area contributed by atoms with E-state index in [0.29, 0.717) is 12.0 Å². The van der Waals surface area contributed by atoms with E-state index in [0.717, 1.165) is 0 Å². The summed E-state index contributed by atoms with van der Waals surface area (Å²) in [5.41, 5.74) is 0.505. The van der Waals surface area contributed by atoms with Gasteiger partial charge >= 0.3 is 0 Å². The fourth-order valence-corrected chi connectivity index (χ4v) is 0.685. The predicted molar refractivity (Wildman–Crippen MR) is 51.8 cm³/mol. The van der Waals surface area contributed by atoms with E-state index in [1.54, 1.807) is 19.1 Å². The van der Waals surface area contributed by atoms with E-state index in [4.69, 9.17) is 0 Å². The molecule has 0 bridgehead atoms. The van der Waals surface area contributed by atoms with Gasteiger partial charge in [-0.3, -0.25) is 4.79 Å². The van der Waals surface area contributed by atoms with E-state index in [1.807, 2.05) is 0 Å². The van der Waals surface area contributed by atoms with Crippen LogP contribution in [-0.4, -0.2) is 11.9 Å². The summed E-state index contributed by atoms with van der Waals surface area (Å²) in [5, 5.41) is 2.74. The fourth-order valence-electron chi connectivity index (χ4n) is 0.685. The Morgan fingerprint density at radius 3 is 2.50 bits per heavy atom. The van der Waals surface area contributed by atoms with Crippen LogP contribution >= 0.6 is 0 Å². The summed E-state index contributed by atoms with van der Waals surface area (Å²) >= 11 is 0. The van der Waals surface area contributed by atoms with E-state index < -0.39 is 0 Å². The average molecular weight is 165 g/mol. The van der Waals surface area contributed by atoms with Gasteiger partial charge in [-0.2, -0.15) is 0 Å². The molecule has 66 valence electrons. The Balaban J connectivity index is 4.01. The van der Waals surface area contributed by atoms with Crippen LogP contribution in [0, 0.1) is 0 Å². The van der Waals surface area contributed by atoms with Crippen molar-refractivity contribution in [1.82, 2.24) is 5.32 Å². The second kappa shape index (κ2) is 5.35. The lowest BCUT2D eigenvalue weighted by Crippen LogP contribution is -2.33. The first-order chi connectivity index (χ1) is 5.61. The fraction of sp³-hybridized carbons (Fsp3) is 0.300. The minimum atomic E-state index is -0.137. The summed E-state index contributed by atoms with van der Waals surface area (Å²) in [6.45, 7) is 12.4. The predicted octanol–water partition coefficient (Wildman–Crippen LogP) is 1.81. The molecule has 0 aromatic heterocycles. The van der Waals surface area contributed by atoms with Crippen LogP contribution in [0.3, 0.4) is 0 Å². The van der Waals surface area contributed by atoms with Crippen molar-refractivity contribution in [3.63, 3.8) is 0 Å². The van der Waals surface area contributed by atoms with E-state index in [2.05, 4.69) is 25.1 Å². The molecule has 0 aromatic rings. The molecule has 0 heterocycles. The zero-order chi connectivity index (χ0) is 9.56. The van der Waals surface area contributed by atoms with Crippen LogP contribution in [0.5, 0.6) is 0 Å². The van der Waals surface area contributed by atoms with Crippen LogP contribution in [0.2, 0.25) is 0 Å². The summed E-state index contributed by atoms with van der Waals surface area (Å²) in [7, 11) is 0. The first kappa shape index (κ1) is 10.7. The minimum Gasteiger partial charge on any atom is -0.346 e. The van der Waals surface area contributed by atoms with Gasteiger partial charge in [-0.05, 0) is 13.3 Å². The van der Waals surface area contributed by atoms with Gasteiger partial charge in [0.2, 0.25) is 5.91 Å². The normalized spacial score (nSPS) is 11.4. The van der Waals surface area contributed by atoms with Gasteiger partial charge < -0.3 is 5.32 Å². The van der Waals surface area contributed by atoms with Gasteiger partial charge in [-0.15, -0.1) is 13.2 Å². The average Bonchev–Trinajstić information content (AvgIpc) is 2.03. The molecule has 0 saturated carbocycles. The topological polar surface area (TPSA) is 29.1 Å². The standard InChI is InChI=1S/C10H15NO/c1-5-7-9(6-2)11-10(12)8(3)4/h5-6,9H,1-3,7H2,4H3,(H,11,12). The molecule has 0 aromatic carbocycles. The molecule has 1 atom stereocenters. The third-order valence-electron chi connectivity index (χ3n) is 1.41. The number of amides is 1. The van der Waals surface area contributed by atoms with Crippen molar-refractivity contribution in [2.45, 2.75) is 19.4 Å². The van der Waals surface area contributed by atoms with Crippen molar-refractivity contribution < 1.29 is 4.79 Å². The zero-order valence-electron chi connectivity index (χ0n) is 7.47. The van der Waals surface area contributed by atoms with Gasteiger partial charge in [0.25, 0.3) is 0 Å². The number of nitrogens with one attached hydrogen (secondary N) is 1. The lowest BCUT2D eigenvalue weighted by molar-refractivity contribution is -0.117. The number of hydrogen-bond acceptors (Lipinski definition) is 1. The quantitative estimate of drug-likeness (QED) is 0.488. The lowest BCUT2D eigenvalue weighted by Gasteiger charge is -2.11.